The van der Waals surface area contributed by atoms with Gasteiger partial charge in [0, 0.05) is 44.5 Å². The number of alkyl halides is 3. The number of hydrogen-bond acceptors (Lipinski definition) is 3. The molecule has 0 radical (unpaired) electrons. The first-order valence-electron chi connectivity index (χ1n) is 11.2. The zero-order chi connectivity index (χ0) is 22.3. The average molecular weight is 445 g/mol. The van der Waals surface area contributed by atoms with E-state index < -0.39 is 11.7 Å². The largest absolute Gasteiger partial charge is 0.493 e. The third-order valence-corrected chi connectivity index (χ3v) is 6.89. The van der Waals surface area contributed by atoms with Crippen molar-refractivity contribution >= 4 is 6.03 Å². The number of likely N-dealkylation sites (tertiary alicyclic amines) is 1. The standard InChI is InChI=1S/C24H26F3N3O2/c25-24(26,27)19-12-18-15-30(9-6-21(18)28-13-19)23(31)29-8-5-16(14-29)11-17-7-10-32-22-4-2-1-3-20(17)22/h1-4,12-13,16-17H,5-11,14-15H2. The Kier molecular flexibility index (Phi) is 5.47. The van der Waals surface area contributed by atoms with Gasteiger partial charge in [-0.25, -0.2) is 4.79 Å². The molecular weight excluding hydrogens is 419 g/mol. The number of urea groups is 1. The lowest BCUT2D eigenvalue weighted by Gasteiger charge is -2.32. The third-order valence-electron chi connectivity index (χ3n) is 6.89. The summed E-state index contributed by atoms with van der Waals surface area (Å²) in [5, 5.41) is 0. The molecule has 0 bridgehead atoms. The minimum atomic E-state index is -4.43. The molecule has 2 unspecified atom stereocenters. The monoisotopic (exact) mass is 445 g/mol. The number of rotatable bonds is 2. The van der Waals surface area contributed by atoms with Gasteiger partial charge in [-0.2, -0.15) is 13.2 Å². The van der Waals surface area contributed by atoms with Crippen LogP contribution in [0.4, 0.5) is 18.0 Å². The van der Waals surface area contributed by atoms with Crippen molar-refractivity contribution in [3.05, 3.63) is 58.9 Å². The Bertz CT molecular complexity index is 1010. The van der Waals surface area contributed by atoms with Crippen LogP contribution in [0.1, 0.15) is 47.6 Å². The van der Waals surface area contributed by atoms with Gasteiger partial charge < -0.3 is 14.5 Å². The lowest BCUT2D eigenvalue weighted by Crippen LogP contribution is -2.44. The van der Waals surface area contributed by atoms with Crippen molar-refractivity contribution in [1.82, 2.24) is 14.8 Å². The topological polar surface area (TPSA) is 45.7 Å². The highest BCUT2D eigenvalue weighted by Gasteiger charge is 2.35. The average Bonchev–Trinajstić information content (AvgIpc) is 3.26. The summed E-state index contributed by atoms with van der Waals surface area (Å²) in [5.41, 5.74) is 1.64. The lowest BCUT2D eigenvalue weighted by molar-refractivity contribution is -0.137. The Hall–Kier alpha value is -2.77. The van der Waals surface area contributed by atoms with Crippen LogP contribution < -0.4 is 4.74 Å². The van der Waals surface area contributed by atoms with Crippen molar-refractivity contribution in [2.75, 3.05) is 26.2 Å². The fraction of sp³-hybridized carbons (Fsp3) is 0.500. The number of fused-ring (bicyclic) bond motifs is 2. The van der Waals surface area contributed by atoms with Gasteiger partial charge in [-0.05, 0) is 54.4 Å². The molecule has 2 atom stereocenters. The number of benzene rings is 1. The second kappa shape index (κ2) is 8.30. The highest BCUT2D eigenvalue weighted by molar-refractivity contribution is 5.75. The van der Waals surface area contributed by atoms with Crippen LogP contribution in [-0.4, -0.2) is 47.1 Å². The number of amides is 2. The van der Waals surface area contributed by atoms with E-state index in [2.05, 4.69) is 11.1 Å². The zero-order valence-corrected chi connectivity index (χ0v) is 17.8. The molecule has 2 aromatic rings. The van der Waals surface area contributed by atoms with E-state index in [0.29, 0.717) is 49.1 Å². The molecule has 32 heavy (non-hydrogen) atoms. The van der Waals surface area contributed by atoms with E-state index in [4.69, 9.17) is 4.74 Å². The van der Waals surface area contributed by atoms with Crippen molar-refractivity contribution in [2.45, 2.75) is 44.3 Å². The molecule has 8 heteroatoms. The van der Waals surface area contributed by atoms with Crippen LogP contribution in [0, 0.1) is 5.92 Å². The second-order valence-corrected chi connectivity index (χ2v) is 8.99. The van der Waals surface area contributed by atoms with E-state index in [-0.39, 0.29) is 12.6 Å². The summed E-state index contributed by atoms with van der Waals surface area (Å²) >= 11 is 0. The van der Waals surface area contributed by atoms with Crippen LogP contribution in [0.3, 0.4) is 0 Å². The molecule has 5 rings (SSSR count). The number of halogens is 3. The van der Waals surface area contributed by atoms with Crippen molar-refractivity contribution in [2.24, 2.45) is 5.92 Å². The number of carbonyl (C=O) groups is 1. The number of ether oxygens (including phenoxy) is 1. The molecular formula is C24H26F3N3O2. The molecule has 0 saturated carbocycles. The van der Waals surface area contributed by atoms with Crippen molar-refractivity contribution < 1.29 is 22.7 Å². The van der Waals surface area contributed by atoms with E-state index >= 15 is 0 Å². The summed E-state index contributed by atoms with van der Waals surface area (Å²) in [6, 6.07) is 9.23. The molecule has 0 spiro atoms. The number of carbonyl (C=O) groups excluding carboxylic acids is 1. The number of nitrogens with zero attached hydrogens (tertiary/aromatic N) is 3. The smallest absolute Gasteiger partial charge is 0.417 e. The maximum absolute atomic E-state index is 13.1. The van der Waals surface area contributed by atoms with Crippen LogP contribution >= 0.6 is 0 Å². The molecule has 0 aliphatic carbocycles. The summed E-state index contributed by atoms with van der Waals surface area (Å²) in [5.74, 6) is 1.83. The van der Waals surface area contributed by atoms with E-state index in [1.807, 2.05) is 23.1 Å². The maximum Gasteiger partial charge on any atom is 0.417 e. The Morgan fingerprint density at radius 3 is 2.84 bits per heavy atom. The molecule has 3 aliphatic rings. The number of pyridine rings is 1. The van der Waals surface area contributed by atoms with Gasteiger partial charge in [0.25, 0.3) is 0 Å². The quantitative estimate of drug-likeness (QED) is 0.664. The second-order valence-electron chi connectivity index (χ2n) is 8.99. The van der Waals surface area contributed by atoms with E-state index in [1.165, 1.54) is 5.56 Å². The van der Waals surface area contributed by atoms with E-state index in [9.17, 15) is 18.0 Å². The number of hydrogen-bond donors (Lipinski definition) is 0. The highest BCUT2D eigenvalue weighted by Crippen LogP contribution is 2.39. The molecule has 170 valence electrons. The summed E-state index contributed by atoms with van der Waals surface area (Å²) in [6.07, 6.45) is -0.106. The van der Waals surface area contributed by atoms with Gasteiger partial charge in [0.1, 0.15) is 5.75 Å². The summed E-state index contributed by atoms with van der Waals surface area (Å²) in [4.78, 5) is 20.6. The fourth-order valence-corrected chi connectivity index (χ4v) is 5.21. The van der Waals surface area contributed by atoms with Crippen LogP contribution in [0.5, 0.6) is 5.75 Å². The Morgan fingerprint density at radius 1 is 1.16 bits per heavy atom. The Balaban J connectivity index is 1.22. The van der Waals surface area contributed by atoms with Gasteiger partial charge in [-0.1, -0.05) is 18.2 Å². The van der Waals surface area contributed by atoms with Crippen LogP contribution in [0.15, 0.2) is 36.5 Å². The summed E-state index contributed by atoms with van der Waals surface area (Å²) < 4.78 is 44.9. The molecule has 1 aromatic heterocycles. The van der Waals surface area contributed by atoms with Gasteiger partial charge in [0.15, 0.2) is 0 Å². The summed E-state index contributed by atoms with van der Waals surface area (Å²) in [6.45, 7) is 2.78. The maximum atomic E-state index is 13.1. The minimum Gasteiger partial charge on any atom is -0.493 e. The fourth-order valence-electron chi connectivity index (χ4n) is 5.21. The predicted octanol–water partition coefficient (Wildman–Crippen LogP) is 4.86. The third kappa shape index (κ3) is 4.14. The SMILES string of the molecule is O=C(N1CCc2ncc(C(F)(F)F)cc2C1)N1CCC(CC2CCOc3ccccc32)C1. The van der Waals surface area contributed by atoms with Crippen LogP contribution in [0.2, 0.25) is 0 Å². The minimum absolute atomic E-state index is 0.0806. The first kappa shape index (κ1) is 21.1. The molecule has 4 heterocycles. The van der Waals surface area contributed by atoms with E-state index in [0.717, 1.165) is 43.9 Å². The molecule has 0 N–H and O–H groups in total. The van der Waals surface area contributed by atoms with Crippen molar-refractivity contribution in [1.29, 1.82) is 0 Å². The van der Waals surface area contributed by atoms with Crippen molar-refractivity contribution in [3.8, 4) is 5.75 Å². The molecule has 2 amide bonds. The first-order chi connectivity index (χ1) is 15.4. The molecule has 3 aliphatic heterocycles. The van der Waals surface area contributed by atoms with Gasteiger partial charge in [-0.3, -0.25) is 4.98 Å². The zero-order valence-electron chi connectivity index (χ0n) is 17.8. The predicted molar refractivity (Wildman–Crippen MR) is 112 cm³/mol. The van der Waals surface area contributed by atoms with Crippen LogP contribution in [-0.2, 0) is 19.1 Å². The lowest BCUT2D eigenvalue weighted by atomic mass is 9.84. The molecule has 5 nitrogen and oxygen atoms in total. The molecule has 1 aromatic carbocycles. The highest BCUT2D eigenvalue weighted by atomic mass is 19.4. The van der Waals surface area contributed by atoms with Gasteiger partial charge in [-0.15, -0.1) is 0 Å². The summed E-state index contributed by atoms with van der Waals surface area (Å²) in [7, 11) is 0. The van der Waals surface area contributed by atoms with Gasteiger partial charge in [0.05, 0.1) is 12.2 Å². The number of aromatic nitrogens is 1. The first-order valence-corrected chi connectivity index (χ1v) is 11.2. The normalized spacial score (nSPS) is 22.8. The number of para-hydroxylation sites is 1. The van der Waals surface area contributed by atoms with Gasteiger partial charge in [0.2, 0.25) is 0 Å². The molecule has 1 fully saturated rings. The van der Waals surface area contributed by atoms with Crippen molar-refractivity contribution in [3.63, 3.8) is 0 Å². The Labute approximate surface area is 185 Å². The van der Waals surface area contributed by atoms with Crippen LogP contribution in [0.25, 0.3) is 0 Å². The van der Waals surface area contributed by atoms with Gasteiger partial charge >= 0.3 is 12.2 Å². The Morgan fingerprint density at radius 2 is 2.00 bits per heavy atom. The molecule has 1 saturated heterocycles. The van der Waals surface area contributed by atoms with E-state index in [1.54, 1.807) is 4.90 Å².